The molecular formula is C19H24N4O3. The fourth-order valence-corrected chi connectivity index (χ4v) is 2.44. The first-order valence-corrected chi connectivity index (χ1v) is 8.60. The molecule has 0 bridgehead atoms. The van der Waals surface area contributed by atoms with Crippen LogP contribution in [0.1, 0.15) is 48.5 Å². The predicted octanol–water partition coefficient (Wildman–Crippen LogP) is 2.65. The molecule has 0 aliphatic heterocycles. The maximum absolute atomic E-state index is 12.1. The highest BCUT2D eigenvalue weighted by Gasteiger charge is 2.15. The summed E-state index contributed by atoms with van der Waals surface area (Å²) >= 11 is 0. The molecule has 26 heavy (non-hydrogen) atoms. The molecule has 7 heteroatoms. The van der Waals surface area contributed by atoms with Gasteiger partial charge in [0.2, 0.25) is 5.95 Å². The number of ether oxygens (including phenoxy) is 1. The van der Waals surface area contributed by atoms with Crippen molar-refractivity contribution >= 4 is 17.8 Å². The highest BCUT2D eigenvalue weighted by atomic mass is 16.5. The number of carbonyl (C=O) groups excluding carboxylic acids is 2. The van der Waals surface area contributed by atoms with Gasteiger partial charge in [0.1, 0.15) is 5.69 Å². The maximum atomic E-state index is 12.1. The largest absolute Gasteiger partial charge is 0.459 e. The summed E-state index contributed by atoms with van der Waals surface area (Å²) in [5, 5.41) is 0. The van der Waals surface area contributed by atoms with Gasteiger partial charge < -0.3 is 15.4 Å². The Hall–Kier alpha value is -2.96. The van der Waals surface area contributed by atoms with Gasteiger partial charge in [-0.25, -0.2) is 14.8 Å². The first kappa shape index (κ1) is 19.4. The lowest BCUT2D eigenvalue weighted by molar-refractivity contribution is 0.0378. The van der Waals surface area contributed by atoms with E-state index in [1.807, 2.05) is 24.8 Å². The number of benzene rings is 1. The van der Waals surface area contributed by atoms with Crippen molar-refractivity contribution in [1.29, 1.82) is 0 Å². The van der Waals surface area contributed by atoms with Crippen molar-refractivity contribution in [3.63, 3.8) is 0 Å². The summed E-state index contributed by atoms with van der Waals surface area (Å²) in [5.74, 6) is -0.608. The van der Waals surface area contributed by atoms with E-state index in [4.69, 9.17) is 10.5 Å². The fourth-order valence-electron chi connectivity index (χ4n) is 2.44. The first-order chi connectivity index (χ1) is 12.3. The number of amides is 1. The number of hydrogen-bond acceptors (Lipinski definition) is 6. The summed E-state index contributed by atoms with van der Waals surface area (Å²) < 4.78 is 5.23. The standard InChI is InChI=1S/C19H24N4O3/c1-5-23(6-2)19-21-15(11-16(22-19)17(20)24)13-8-7-9-14(10-13)18(25)26-12(3)4/h7-12H,5-6H2,1-4H3,(H2,20,24). The van der Waals surface area contributed by atoms with E-state index in [9.17, 15) is 9.59 Å². The molecule has 1 aromatic carbocycles. The number of nitrogens with two attached hydrogens (primary N) is 1. The monoisotopic (exact) mass is 356 g/mol. The molecule has 0 unspecified atom stereocenters. The molecule has 0 saturated heterocycles. The van der Waals surface area contributed by atoms with Crippen molar-refractivity contribution in [3.8, 4) is 11.3 Å². The quantitative estimate of drug-likeness (QED) is 0.766. The normalized spacial score (nSPS) is 10.7. The first-order valence-electron chi connectivity index (χ1n) is 8.60. The van der Waals surface area contributed by atoms with Crippen molar-refractivity contribution in [2.24, 2.45) is 5.73 Å². The van der Waals surface area contributed by atoms with E-state index in [1.54, 1.807) is 32.0 Å². The number of carbonyl (C=O) groups is 2. The Morgan fingerprint density at radius 3 is 2.42 bits per heavy atom. The number of primary amides is 1. The van der Waals surface area contributed by atoms with Crippen LogP contribution in [0.15, 0.2) is 30.3 Å². The minimum Gasteiger partial charge on any atom is -0.459 e. The maximum Gasteiger partial charge on any atom is 0.338 e. The summed E-state index contributed by atoms with van der Waals surface area (Å²) in [5.41, 5.74) is 7.18. The lowest BCUT2D eigenvalue weighted by Gasteiger charge is -2.19. The van der Waals surface area contributed by atoms with Crippen molar-refractivity contribution < 1.29 is 14.3 Å². The lowest BCUT2D eigenvalue weighted by Crippen LogP contribution is -2.26. The van der Waals surface area contributed by atoms with Crippen LogP contribution in [0.4, 0.5) is 5.95 Å². The third-order valence-electron chi connectivity index (χ3n) is 3.75. The predicted molar refractivity (Wildman–Crippen MR) is 100 cm³/mol. The molecule has 2 rings (SSSR count). The van der Waals surface area contributed by atoms with E-state index in [1.165, 1.54) is 6.07 Å². The topological polar surface area (TPSA) is 98.4 Å². The van der Waals surface area contributed by atoms with Crippen LogP contribution in [0.2, 0.25) is 0 Å². The van der Waals surface area contributed by atoms with Crippen LogP contribution < -0.4 is 10.6 Å². The zero-order valence-corrected chi connectivity index (χ0v) is 15.5. The molecule has 0 aliphatic rings. The lowest BCUT2D eigenvalue weighted by atomic mass is 10.1. The van der Waals surface area contributed by atoms with Crippen molar-refractivity contribution in [3.05, 3.63) is 41.6 Å². The number of nitrogens with zero attached hydrogens (tertiary/aromatic N) is 3. The Bertz CT molecular complexity index is 801. The van der Waals surface area contributed by atoms with Gasteiger partial charge in [0.15, 0.2) is 0 Å². The third kappa shape index (κ3) is 4.56. The van der Waals surface area contributed by atoms with Gasteiger partial charge in [-0.2, -0.15) is 0 Å². The zero-order chi connectivity index (χ0) is 19.3. The minimum absolute atomic E-state index is 0.132. The number of esters is 1. The minimum atomic E-state index is -0.627. The Balaban J connectivity index is 2.50. The molecular weight excluding hydrogens is 332 g/mol. The fraction of sp³-hybridized carbons (Fsp3) is 0.368. The molecule has 0 atom stereocenters. The molecule has 138 valence electrons. The second kappa shape index (κ2) is 8.42. The van der Waals surface area contributed by atoms with Gasteiger partial charge in [0, 0.05) is 18.7 Å². The molecule has 0 fully saturated rings. The van der Waals surface area contributed by atoms with Gasteiger partial charge in [0.05, 0.1) is 17.4 Å². The Morgan fingerprint density at radius 1 is 1.15 bits per heavy atom. The van der Waals surface area contributed by atoms with Gasteiger partial charge in [-0.05, 0) is 45.9 Å². The molecule has 1 amide bonds. The number of aromatic nitrogens is 2. The van der Waals surface area contributed by atoms with E-state index in [0.29, 0.717) is 35.9 Å². The van der Waals surface area contributed by atoms with Gasteiger partial charge in [-0.1, -0.05) is 12.1 Å². The smallest absolute Gasteiger partial charge is 0.338 e. The molecule has 0 radical (unpaired) electrons. The zero-order valence-electron chi connectivity index (χ0n) is 15.5. The Labute approximate surface area is 153 Å². The van der Waals surface area contributed by atoms with E-state index in [0.717, 1.165) is 0 Å². The van der Waals surface area contributed by atoms with Crippen LogP contribution in [-0.4, -0.2) is 41.0 Å². The van der Waals surface area contributed by atoms with Crippen molar-refractivity contribution in [1.82, 2.24) is 9.97 Å². The molecule has 2 N–H and O–H groups in total. The van der Waals surface area contributed by atoms with Crippen molar-refractivity contribution in [2.75, 3.05) is 18.0 Å². The van der Waals surface area contributed by atoms with E-state index in [2.05, 4.69) is 9.97 Å². The van der Waals surface area contributed by atoms with Crippen molar-refractivity contribution in [2.45, 2.75) is 33.8 Å². The number of rotatable bonds is 7. The molecule has 7 nitrogen and oxygen atoms in total. The second-order valence-corrected chi connectivity index (χ2v) is 6.01. The van der Waals surface area contributed by atoms with E-state index < -0.39 is 11.9 Å². The van der Waals surface area contributed by atoms with E-state index in [-0.39, 0.29) is 11.8 Å². The van der Waals surface area contributed by atoms with Crippen LogP contribution in [0.25, 0.3) is 11.3 Å². The third-order valence-corrected chi connectivity index (χ3v) is 3.75. The van der Waals surface area contributed by atoms with Gasteiger partial charge in [-0.3, -0.25) is 4.79 Å². The molecule has 0 saturated carbocycles. The van der Waals surface area contributed by atoms with Crippen LogP contribution in [0.3, 0.4) is 0 Å². The van der Waals surface area contributed by atoms with Gasteiger partial charge in [-0.15, -0.1) is 0 Å². The van der Waals surface area contributed by atoms with E-state index >= 15 is 0 Å². The second-order valence-electron chi connectivity index (χ2n) is 6.01. The number of hydrogen-bond donors (Lipinski definition) is 1. The van der Waals surface area contributed by atoms with Gasteiger partial charge >= 0.3 is 5.97 Å². The summed E-state index contributed by atoms with van der Waals surface area (Å²) in [6.07, 6.45) is -0.207. The Kier molecular flexibility index (Phi) is 6.27. The van der Waals surface area contributed by atoms with Crippen LogP contribution in [0, 0.1) is 0 Å². The van der Waals surface area contributed by atoms with Crippen LogP contribution >= 0.6 is 0 Å². The summed E-state index contributed by atoms with van der Waals surface area (Å²) in [4.78, 5) is 34.5. The average molecular weight is 356 g/mol. The van der Waals surface area contributed by atoms with Gasteiger partial charge in [0.25, 0.3) is 5.91 Å². The molecule has 0 spiro atoms. The summed E-state index contributed by atoms with van der Waals surface area (Å²) in [6.45, 7) is 8.93. The summed E-state index contributed by atoms with van der Waals surface area (Å²) in [6, 6.07) is 8.45. The molecule has 1 aromatic heterocycles. The highest BCUT2D eigenvalue weighted by Crippen LogP contribution is 2.22. The molecule has 0 aliphatic carbocycles. The number of anilines is 1. The average Bonchev–Trinajstić information content (AvgIpc) is 2.62. The van der Waals surface area contributed by atoms with Crippen LogP contribution in [-0.2, 0) is 4.74 Å². The SMILES string of the molecule is CCN(CC)c1nc(C(N)=O)cc(-c2cccc(C(=O)OC(C)C)c2)n1. The summed E-state index contributed by atoms with van der Waals surface area (Å²) in [7, 11) is 0. The molecule has 2 aromatic rings. The molecule has 1 heterocycles. The highest BCUT2D eigenvalue weighted by molar-refractivity contribution is 5.93. The van der Waals surface area contributed by atoms with Crippen LogP contribution in [0.5, 0.6) is 0 Å². The Morgan fingerprint density at radius 2 is 1.85 bits per heavy atom.